The zero-order chi connectivity index (χ0) is 17.2. The first kappa shape index (κ1) is 17.7. The zero-order valence-electron chi connectivity index (χ0n) is 13.1. The molecule has 0 radical (unpaired) electrons. The molecule has 0 aromatic heterocycles. The maximum Gasteiger partial charge on any atom is 0.323 e. The van der Waals surface area contributed by atoms with Crippen LogP contribution >= 0.6 is 11.6 Å². The molecule has 3 atom stereocenters. The molecule has 1 aliphatic rings. The number of hydrogen-bond acceptors (Lipinski definition) is 4. The van der Waals surface area contributed by atoms with Crippen LogP contribution in [0.1, 0.15) is 24.9 Å². The number of amides is 1. The fourth-order valence-electron chi connectivity index (χ4n) is 3.16. The highest BCUT2D eigenvalue weighted by Crippen LogP contribution is 2.46. The van der Waals surface area contributed by atoms with Crippen molar-refractivity contribution in [3.63, 3.8) is 0 Å². The molecule has 3 N–H and O–H groups in total. The van der Waals surface area contributed by atoms with Gasteiger partial charge in [0.25, 0.3) is 0 Å². The van der Waals surface area contributed by atoms with Crippen molar-refractivity contribution in [2.24, 2.45) is 5.92 Å². The van der Waals surface area contributed by atoms with Gasteiger partial charge in [-0.3, -0.25) is 14.5 Å². The first-order chi connectivity index (χ1) is 10.8. The number of carboxylic acids is 1. The third-order valence-electron chi connectivity index (χ3n) is 4.61. The minimum absolute atomic E-state index is 0.149. The quantitative estimate of drug-likeness (QED) is 0.751. The Kier molecular flexibility index (Phi) is 5.29. The van der Waals surface area contributed by atoms with Crippen molar-refractivity contribution in [3.8, 4) is 0 Å². The highest BCUT2D eigenvalue weighted by molar-refractivity contribution is 6.30. The molecule has 0 unspecified atom stereocenters. The lowest BCUT2D eigenvalue weighted by Gasteiger charge is -2.32. The summed E-state index contributed by atoms with van der Waals surface area (Å²) in [4.78, 5) is 25.9. The van der Waals surface area contributed by atoms with Crippen molar-refractivity contribution in [1.82, 2.24) is 10.2 Å². The maximum atomic E-state index is 12.4. The normalized spacial score (nSPS) is 27.8. The predicted molar refractivity (Wildman–Crippen MR) is 86.2 cm³/mol. The molecule has 1 amide bonds. The van der Waals surface area contributed by atoms with Crippen molar-refractivity contribution in [2.75, 3.05) is 20.2 Å². The lowest BCUT2D eigenvalue weighted by atomic mass is 9.89. The van der Waals surface area contributed by atoms with E-state index in [0.29, 0.717) is 5.02 Å². The number of likely N-dealkylation sites (N-methyl/N-ethyl adjacent to an activating group) is 1. The lowest BCUT2D eigenvalue weighted by Crippen LogP contribution is -2.46. The number of aliphatic hydroxyl groups is 1. The lowest BCUT2D eigenvalue weighted by molar-refractivity contribution is -0.148. The molecule has 0 spiro atoms. The van der Waals surface area contributed by atoms with Crippen LogP contribution in [0.15, 0.2) is 24.3 Å². The number of benzene rings is 1. The van der Waals surface area contributed by atoms with E-state index in [9.17, 15) is 14.7 Å². The molecule has 7 heteroatoms. The van der Waals surface area contributed by atoms with E-state index in [1.165, 1.54) is 0 Å². The Balaban J connectivity index is 2.38. The second-order valence-corrected chi connectivity index (χ2v) is 6.45. The number of likely N-dealkylation sites (tertiary alicyclic amines) is 1. The van der Waals surface area contributed by atoms with Crippen molar-refractivity contribution < 1.29 is 19.8 Å². The molecule has 1 aromatic rings. The van der Waals surface area contributed by atoms with Crippen LogP contribution in [-0.4, -0.2) is 52.7 Å². The van der Waals surface area contributed by atoms with Crippen molar-refractivity contribution in [3.05, 3.63) is 34.9 Å². The summed E-state index contributed by atoms with van der Waals surface area (Å²) < 4.78 is 0. The molecule has 0 aliphatic carbocycles. The molecule has 1 aliphatic heterocycles. The van der Waals surface area contributed by atoms with Gasteiger partial charge >= 0.3 is 5.97 Å². The highest BCUT2D eigenvalue weighted by atomic mass is 35.5. The van der Waals surface area contributed by atoms with Crippen LogP contribution in [0.2, 0.25) is 5.02 Å². The summed E-state index contributed by atoms with van der Waals surface area (Å²) in [6.07, 6.45) is 0.198. The van der Waals surface area contributed by atoms with Crippen LogP contribution in [0.5, 0.6) is 0 Å². The van der Waals surface area contributed by atoms with Crippen molar-refractivity contribution >= 4 is 23.5 Å². The standard InChI is InChI=1S/C16H21ClN2O4/c1-16(15(22)23)9-12(14(21)18-7-8-20)13(19(16)2)10-3-5-11(17)6-4-10/h3-6,12-13,20H,7-9H2,1-2H3,(H,18,21)(H,22,23)/t12-,13-,16-/m0/s1. The molecule has 1 aromatic carbocycles. The minimum Gasteiger partial charge on any atom is -0.480 e. The average molecular weight is 341 g/mol. The third kappa shape index (κ3) is 3.34. The van der Waals surface area contributed by atoms with Crippen LogP contribution in [0.3, 0.4) is 0 Å². The monoisotopic (exact) mass is 340 g/mol. The van der Waals surface area contributed by atoms with Gasteiger partial charge in [-0.15, -0.1) is 0 Å². The van der Waals surface area contributed by atoms with E-state index in [-0.39, 0.29) is 31.5 Å². The number of hydrogen-bond donors (Lipinski definition) is 3. The van der Waals surface area contributed by atoms with Gasteiger partial charge in [0.1, 0.15) is 5.54 Å². The number of carbonyl (C=O) groups is 2. The molecule has 23 heavy (non-hydrogen) atoms. The van der Waals surface area contributed by atoms with E-state index >= 15 is 0 Å². The fraction of sp³-hybridized carbons (Fsp3) is 0.500. The molecule has 1 saturated heterocycles. The zero-order valence-corrected chi connectivity index (χ0v) is 13.9. The Morgan fingerprint density at radius 3 is 2.52 bits per heavy atom. The van der Waals surface area contributed by atoms with Gasteiger partial charge in [-0.05, 0) is 38.1 Å². The van der Waals surface area contributed by atoms with Gasteiger partial charge in [-0.1, -0.05) is 23.7 Å². The Morgan fingerprint density at radius 1 is 1.39 bits per heavy atom. The van der Waals surface area contributed by atoms with Gasteiger partial charge in [-0.25, -0.2) is 0 Å². The summed E-state index contributed by atoms with van der Waals surface area (Å²) in [6, 6.07) is 6.70. The SMILES string of the molecule is CN1[C@@H](c2ccc(Cl)cc2)[C@@H](C(=O)NCCO)C[C@@]1(C)C(=O)O. The number of carboxylic acid groups (broad SMARTS) is 1. The highest BCUT2D eigenvalue weighted by Gasteiger charge is 2.54. The number of nitrogens with one attached hydrogen (secondary N) is 1. The summed E-state index contributed by atoms with van der Waals surface area (Å²) >= 11 is 5.91. The second-order valence-electron chi connectivity index (χ2n) is 6.01. The summed E-state index contributed by atoms with van der Waals surface area (Å²) in [5.41, 5.74) is -0.294. The van der Waals surface area contributed by atoms with Gasteiger partial charge in [0.15, 0.2) is 0 Å². The first-order valence-electron chi connectivity index (χ1n) is 7.41. The second kappa shape index (κ2) is 6.86. The molecule has 0 saturated carbocycles. The number of aliphatic hydroxyl groups excluding tert-OH is 1. The van der Waals surface area contributed by atoms with Crippen LogP contribution in [0.25, 0.3) is 0 Å². The van der Waals surface area contributed by atoms with Crippen molar-refractivity contribution in [2.45, 2.75) is 24.9 Å². The van der Waals surface area contributed by atoms with Crippen LogP contribution in [0, 0.1) is 5.92 Å². The van der Waals surface area contributed by atoms with E-state index in [4.69, 9.17) is 16.7 Å². The number of rotatable bonds is 5. The molecular weight excluding hydrogens is 320 g/mol. The van der Waals surface area contributed by atoms with E-state index in [0.717, 1.165) is 5.56 Å². The average Bonchev–Trinajstić information content (AvgIpc) is 2.79. The first-order valence-corrected chi connectivity index (χ1v) is 7.79. The maximum absolute atomic E-state index is 12.4. The molecule has 0 bridgehead atoms. The summed E-state index contributed by atoms with van der Waals surface area (Å²) in [7, 11) is 1.71. The summed E-state index contributed by atoms with van der Waals surface area (Å²) in [6.45, 7) is 1.61. The van der Waals surface area contributed by atoms with Crippen molar-refractivity contribution in [1.29, 1.82) is 0 Å². The van der Waals surface area contributed by atoms with E-state index in [1.54, 1.807) is 31.0 Å². The Labute approximate surface area is 140 Å². The van der Waals surface area contributed by atoms with Crippen LogP contribution in [-0.2, 0) is 9.59 Å². The molecule has 1 heterocycles. The van der Waals surface area contributed by atoms with Crippen LogP contribution < -0.4 is 5.32 Å². The van der Waals surface area contributed by atoms with Gasteiger partial charge < -0.3 is 15.5 Å². The van der Waals surface area contributed by atoms with E-state index in [2.05, 4.69) is 5.32 Å². The molecule has 6 nitrogen and oxygen atoms in total. The molecule has 2 rings (SSSR count). The third-order valence-corrected chi connectivity index (χ3v) is 4.87. The Bertz CT molecular complexity index is 592. The largest absolute Gasteiger partial charge is 0.480 e. The van der Waals surface area contributed by atoms with E-state index in [1.807, 2.05) is 12.1 Å². The molecular formula is C16H21ClN2O4. The van der Waals surface area contributed by atoms with E-state index < -0.39 is 17.4 Å². The number of halogens is 1. The smallest absolute Gasteiger partial charge is 0.323 e. The minimum atomic E-state index is -1.13. The van der Waals surface area contributed by atoms with Crippen LogP contribution in [0.4, 0.5) is 0 Å². The topological polar surface area (TPSA) is 89.9 Å². The van der Waals surface area contributed by atoms with Gasteiger partial charge in [0, 0.05) is 17.6 Å². The Morgan fingerprint density at radius 2 is 2.00 bits per heavy atom. The molecule has 126 valence electrons. The van der Waals surface area contributed by atoms with Gasteiger partial charge in [0.05, 0.1) is 12.5 Å². The predicted octanol–water partition coefficient (Wildman–Crippen LogP) is 1.28. The number of aliphatic carboxylic acids is 1. The summed E-state index contributed by atoms with van der Waals surface area (Å²) in [5, 5.41) is 21.7. The number of carbonyl (C=O) groups excluding carboxylic acids is 1. The fourth-order valence-corrected chi connectivity index (χ4v) is 3.29. The Hall–Kier alpha value is -1.63. The van der Waals surface area contributed by atoms with Gasteiger partial charge in [0.2, 0.25) is 5.91 Å². The summed E-state index contributed by atoms with van der Waals surface area (Å²) in [5.74, 6) is -1.74. The number of nitrogens with zero attached hydrogens (tertiary/aromatic N) is 1. The molecule has 1 fully saturated rings. The van der Waals surface area contributed by atoms with Gasteiger partial charge in [-0.2, -0.15) is 0 Å².